The number of methoxy groups -OCH3 is 1. The third kappa shape index (κ3) is 5.95. The van der Waals surface area contributed by atoms with E-state index in [2.05, 4.69) is 5.32 Å². The van der Waals surface area contributed by atoms with E-state index in [1.807, 2.05) is 31.2 Å². The Morgan fingerprint density at radius 2 is 1.78 bits per heavy atom. The van der Waals surface area contributed by atoms with Crippen LogP contribution in [-0.4, -0.2) is 32.9 Å². The van der Waals surface area contributed by atoms with Crippen molar-refractivity contribution in [3.05, 3.63) is 92.5 Å². The zero-order chi connectivity index (χ0) is 26.6. The van der Waals surface area contributed by atoms with Gasteiger partial charge in [-0.15, -0.1) is 0 Å². The van der Waals surface area contributed by atoms with Crippen LogP contribution in [0, 0.1) is 24.0 Å². The second-order valence-electron chi connectivity index (χ2n) is 8.23. The highest BCUT2D eigenvalue weighted by Crippen LogP contribution is 2.35. The number of aryl methyl sites for hydroxylation is 2. The fraction of sp³-hybridized carbons (Fsp3) is 0.240. The normalized spacial score (nSPS) is 12.0. The van der Waals surface area contributed by atoms with Crippen molar-refractivity contribution >= 4 is 38.9 Å². The van der Waals surface area contributed by atoms with E-state index < -0.39 is 33.4 Å². The molecule has 0 aromatic heterocycles. The van der Waals surface area contributed by atoms with Crippen LogP contribution in [-0.2, 0) is 14.8 Å². The lowest BCUT2D eigenvalue weighted by Crippen LogP contribution is -2.41. The van der Waals surface area contributed by atoms with E-state index in [0.29, 0.717) is 5.56 Å². The molecule has 3 rings (SSSR count). The highest BCUT2D eigenvalue weighted by Gasteiger charge is 2.31. The van der Waals surface area contributed by atoms with Crippen molar-refractivity contribution in [3.8, 4) is 5.75 Å². The first kappa shape index (κ1) is 27.0. The molecular formula is C25H26ClN3O6S. The predicted octanol–water partition coefficient (Wildman–Crippen LogP) is 4.95. The first-order chi connectivity index (χ1) is 16.9. The summed E-state index contributed by atoms with van der Waals surface area (Å²) in [6, 6.07) is 15.1. The van der Waals surface area contributed by atoms with Gasteiger partial charge in [-0.05, 0) is 50.6 Å². The number of nitro benzene ring substituents is 1. The summed E-state index contributed by atoms with van der Waals surface area (Å²) in [6.45, 7) is 4.62. The summed E-state index contributed by atoms with van der Waals surface area (Å²) in [7, 11) is -3.09. The number of sulfonamides is 1. The summed E-state index contributed by atoms with van der Waals surface area (Å²) in [5.74, 6) is -0.431. The Morgan fingerprint density at radius 1 is 1.11 bits per heavy atom. The zero-order valence-electron chi connectivity index (χ0n) is 20.2. The molecule has 0 bridgehead atoms. The summed E-state index contributed by atoms with van der Waals surface area (Å²) in [4.78, 5) is 23.5. The molecule has 36 heavy (non-hydrogen) atoms. The van der Waals surface area contributed by atoms with E-state index in [9.17, 15) is 23.3 Å². The SMILES string of the molecule is COc1ccc(Cl)cc1N(CC(=O)N[C@H](C)c1ccc(C)cc1)S(=O)(=O)c1ccc(C)c([N+](=O)[O-])c1. The van der Waals surface area contributed by atoms with Crippen molar-refractivity contribution in [1.82, 2.24) is 5.32 Å². The summed E-state index contributed by atoms with van der Waals surface area (Å²) in [5.41, 5.74) is 1.88. The molecule has 0 aliphatic heterocycles. The predicted molar refractivity (Wildman–Crippen MR) is 138 cm³/mol. The first-order valence-electron chi connectivity index (χ1n) is 10.9. The van der Waals surface area contributed by atoms with Gasteiger partial charge < -0.3 is 10.1 Å². The Kier molecular flexibility index (Phi) is 8.21. The monoisotopic (exact) mass is 531 g/mol. The van der Waals surface area contributed by atoms with Gasteiger partial charge in [0.2, 0.25) is 5.91 Å². The van der Waals surface area contributed by atoms with Crippen LogP contribution in [0.15, 0.2) is 65.6 Å². The molecule has 190 valence electrons. The van der Waals surface area contributed by atoms with Gasteiger partial charge in [0.25, 0.3) is 15.7 Å². The molecule has 3 aromatic carbocycles. The zero-order valence-corrected chi connectivity index (χ0v) is 21.8. The van der Waals surface area contributed by atoms with Gasteiger partial charge in [0.1, 0.15) is 12.3 Å². The van der Waals surface area contributed by atoms with Crippen molar-refractivity contribution in [1.29, 1.82) is 0 Å². The maximum Gasteiger partial charge on any atom is 0.273 e. The third-order valence-corrected chi connectivity index (χ3v) is 7.61. The largest absolute Gasteiger partial charge is 0.495 e. The lowest BCUT2D eigenvalue weighted by atomic mass is 10.1. The van der Waals surface area contributed by atoms with Crippen molar-refractivity contribution < 1.29 is 22.9 Å². The summed E-state index contributed by atoms with van der Waals surface area (Å²) >= 11 is 6.15. The Labute approximate surface area is 214 Å². The molecule has 1 atom stereocenters. The van der Waals surface area contributed by atoms with Gasteiger partial charge in [-0.1, -0.05) is 47.5 Å². The lowest BCUT2D eigenvalue weighted by Gasteiger charge is -2.26. The number of carbonyl (C=O) groups is 1. The van der Waals surface area contributed by atoms with Crippen LogP contribution in [0.3, 0.4) is 0 Å². The topological polar surface area (TPSA) is 119 Å². The van der Waals surface area contributed by atoms with Crippen LogP contribution in [0.2, 0.25) is 5.02 Å². The van der Waals surface area contributed by atoms with Crippen LogP contribution >= 0.6 is 11.6 Å². The maximum absolute atomic E-state index is 13.8. The Bertz CT molecular complexity index is 1390. The molecule has 0 saturated heterocycles. The fourth-order valence-electron chi connectivity index (χ4n) is 3.59. The quantitative estimate of drug-likeness (QED) is 0.308. The number of hydrogen-bond donors (Lipinski definition) is 1. The van der Waals surface area contributed by atoms with E-state index in [4.69, 9.17) is 16.3 Å². The highest BCUT2D eigenvalue weighted by molar-refractivity contribution is 7.92. The molecular weight excluding hydrogens is 506 g/mol. The maximum atomic E-state index is 13.8. The molecule has 0 saturated carbocycles. The van der Waals surface area contributed by atoms with Crippen LogP contribution < -0.4 is 14.4 Å². The van der Waals surface area contributed by atoms with E-state index in [-0.39, 0.29) is 27.0 Å². The third-order valence-electron chi connectivity index (χ3n) is 5.62. The van der Waals surface area contributed by atoms with Gasteiger partial charge in [0.15, 0.2) is 0 Å². The van der Waals surface area contributed by atoms with Crippen molar-refractivity contribution in [2.24, 2.45) is 0 Å². The number of benzene rings is 3. The molecule has 0 aliphatic carbocycles. The molecule has 0 spiro atoms. The van der Waals surface area contributed by atoms with E-state index in [0.717, 1.165) is 21.5 Å². The van der Waals surface area contributed by atoms with Gasteiger partial charge in [-0.2, -0.15) is 0 Å². The van der Waals surface area contributed by atoms with Crippen molar-refractivity contribution in [3.63, 3.8) is 0 Å². The highest BCUT2D eigenvalue weighted by atomic mass is 35.5. The molecule has 9 nitrogen and oxygen atoms in total. The number of nitro groups is 1. The Morgan fingerprint density at radius 3 is 2.39 bits per heavy atom. The molecule has 0 radical (unpaired) electrons. The lowest BCUT2D eigenvalue weighted by molar-refractivity contribution is -0.385. The minimum absolute atomic E-state index is 0.0198. The standard InChI is InChI=1S/C25H26ClN3O6S/c1-16-5-8-19(9-6-16)18(3)27-25(30)15-28(23-13-20(26)10-12-24(23)35-4)36(33,34)21-11-7-17(2)22(14-21)29(31)32/h5-14,18H,15H2,1-4H3,(H,27,30)/t18-/m1/s1. The van der Waals surface area contributed by atoms with Crippen LogP contribution in [0.1, 0.15) is 29.7 Å². The first-order valence-corrected chi connectivity index (χ1v) is 12.7. The molecule has 3 aromatic rings. The van der Waals surface area contributed by atoms with Gasteiger partial charge >= 0.3 is 0 Å². The molecule has 0 heterocycles. The summed E-state index contributed by atoms with van der Waals surface area (Å²) in [5, 5.41) is 14.5. The van der Waals surface area contributed by atoms with Crippen molar-refractivity contribution in [2.45, 2.75) is 31.7 Å². The van der Waals surface area contributed by atoms with Gasteiger partial charge in [-0.3, -0.25) is 19.2 Å². The van der Waals surface area contributed by atoms with Gasteiger partial charge in [0, 0.05) is 16.7 Å². The molecule has 11 heteroatoms. The average molecular weight is 532 g/mol. The number of rotatable bonds is 9. The number of carbonyl (C=O) groups excluding carboxylic acids is 1. The van der Waals surface area contributed by atoms with Gasteiger partial charge in [0.05, 0.1) is 28.7 Å². The van der Waals surface area contributed by atoms with Crippen LogP contribution in [0.4, 0.5) is 11.4 Å². The fourth-order valence-corrected chi connectivity index (χ4v) is 5.20. The number of hydrogen-bond acceptors (Lipinski definition) is 6. The average Bonchev–Trinajstić information content (AvgIpc) is 2.82. The minimum atomic E-state index is -4.45. The second-order valence-corrected chi connectivity index (χ2v) is 10.5. The smallest absolute Gasteiger partial charge is 0.273 e. The summed E-state index contributed by atoms with van der Waals surface area (Å²) < 4.78 is 33.7. The number of amides is 1. The molecule has 0 fully saturated rings. The van der Waals surface area contributed by atoms with Crippen LogP contribution in [0.25, 0.3) is 0 Å². The second kappa shape index (κ2) is 11.0. The number of nitrogens with one attached hydrogen (secondary N) is 1. The van der Waals surface area contributed by atoms with E-state index in [1.54, 1.807) is 6.92 Å². The number of halogens is 1. The van der Waals surface area contributed by atoms with Crippen molar-refractivity contribution in [2.75, 3.05) is 18.0 Å². The molecule has 1 N–H and O–H groups in total. The Balaban J connectivity index is 2.04. The Hall–Kier alpha value is -3.63. The summed E-state index contributed by atoms with van der Waals surface area (Å²) in [6.07, 6.45) is 0. The van der Waals surface area contributed by atoms with E-state index >= 15 is 0 Å². The van der Waals surface area contributed by atoms with Gasteiger partial charge in [-0.25, -0.2) is 8.42 Å². The number of nitrogens with zero attached hydrogens (tertiary/aromatic N) is 2. The minimum Gasteiger partial charge on any atom is -0.495 e. The van der Waals surface area contributed by atoms with Crippen LogP contribution in [0.5, 0.6) is 5.75 Å². The molecule has 1 amide bonds. The molecule has 0 aliphatic rings. The molecule has 0 unspecified atom stereocenters. The number of ether oxygens (including phenoxy) is 1. The number of anilines is 1. The van der Waals surface area contributed by atoms with E-state index in [1.165, 1.54) is 44.4 Å².